The van der Waals surface area contributed by atoms with Gasteiger partial charge in [-0.3, -0.25) is 0 Å². The van der Waals surface area contributed by atoms with Crippen molar-refractivity contribution in [3.05, 3.63) is 34.1 Å². The van der Waals surface area contributed by atoms with Crippen LogP contribution in [0.3, 0.4) is 0 Å². The molecule has 106 valence electrons. The van der Waals surface area contributed by atoms with Gasteiger partial charge >= 0.3 is 0 Å². The molecule has 0 spiro atoms. The molecule has 0 bridgehead atoms. The number of nitrogens with two attached hydrogens (primary N) is 1. The summed E-state index contributed by atoms with van der Waals surface area (Å²) < 4.78 is 13.9. The molecular weight excluding hydrogens is 345 g/mol. The number of hydrogen-bond donors (Lipinski definition) is 1. The molecule has 0 aliphatic carbocycles. The molecule has 4 unspecified atom stereocenters. The molecule has 2 N–H and O–H groups in total. The van der Waals surface area contributed by atoms with Gasteiger partial charge < -0.3 is 5.73 Å². The molecule has 1 saturated heterocycles. The zero-order valence-electron chi connectivity index (χ0n) is 11.1. The highest BCUT2D eigenvalue weighted by Gasteiger charge is 2.29. The summed E-state index contributed by atoms with van der Waals surface area (Å²) in [5.41, 5.74) is 7.43. The fraction of sp³-hybridized carbons (Fsp3) is 0.571. The van der Waals surface area contributed by atoms with Crippen LogP contribution in [0.15, 0.2) is 22.7 Å². The first-order chi connectivity index (χ1) is 8.97. The van der Waals surface area contributed by atoms with E-state index in [9.17, 15) is 4.39 Å². The van der Waals surface area contributed by atoms with Crippen LogP contribution >= 0.6 is 39.5 Å². The van der Waals surface area contributed by atoms with E-state index < -0.39 is 0 Å². The Morgan fingerprint density at radius 2 is 2.16 bits per heavy atom. The lowest BCUT2D eigenvalue weighted by atomic mass is 10.0. The molecule has 1 aliphatic rings. The molecule has 0 amide bonds. The molecule has 2 rings (SSSR count). The molecule has 1 fully saturated rings. The monoisotopic (exact) mass is 363 g/mol. The topological polar surface area (TPSA) is 26.0 Å². The number of hydrogen-bond acceptors (Lipinski definition) is 3. The Morgan fingerprint density at radius 3 is 2.79 bits per heavy atom. The lowest BCUT2D eigenvalue weighted by Gasteiger charge is -2.34. The zero-order valence-corrected chi connectivity index (χ0v) is 14.3. The first kappa shape index (κ1) is 15.7. The Morgan fingerprint density at radius 1 is 1.42 bits per heavy atom. The Labute approximate surface area is 131 Å². The third kappa shape index (κ3) is 4.13. The average Bonchev–Trinajstić information content (AvgIpc) is 2.36. The van der Waals surface area contributed by atoms with E-state index >= 15 is 0 Å². The quantitative estimate of drug-likeness (QED) is 0.875. The molecule has 0 radical (unpaired) electrons. The molecule has 1 aromatic carbocycles. The Bertz CT molecular complexity index is 443. The van der Waals surface area contributed by atoms with Gasteiger partial charge in [-0.15, -0.1) is 0 Å². The first-order valence-electron chi connectivity index (χ1n) is 6.44. The minimum absolute atomic E-state index is 0.120. The van der Waals surface area contributed by atoms with Crippen LogP contribution in [0, 0.1) is 5.82 Å². The summed E-state index contributed by atoms with van der Waals surface area (Å²) in [5, 5.41) is 1.82. The van der Waals surface area contributed by atoms with Crippen LogP contribution in [-0.4, -0.2) is 27.5 Å². The molecular formula is C14H19BrFNS2. The molecule has 0 aromatic heterocycles. The predicted octanol–water partition coefficient (Wildman–Crippen LogP) is 4.08. The highest BCUT2D eigenvalue weighted by Crippen LogP contribution is 2.37. The minimum Gasteiger partial charge on any atom is -0.326 e. The van der Waals surface area contributed by atoms with Crippen LogP contribution in [0.4, 0.5) is 4.39 Å². The predicted molar refractivity (Wildman–Crippen MR) is 88.5 cm³/mol. The summed E-state index contributed by atoms with van der Waals surface area (Å²) in [4.78, 5) is 0. The third-order valence-electron chi connectivity index (χ3n) is 3.52. The van der Waals surface area contributed by atoms with E-state index in [1.165, 1.54) is 12.1 Å². The second kappa shape index (κ2) is 6.83. The van der Waals surface area contributed by atoms with Crippen LogP contribution in [0.25, 0.3) is 0 Å². The van der Waals surface area contributed by atoms with Gasteiger partial charge in [0.1, 0.15) is 5.82 Å². The van der Waals surface area contributed by atoms with Gasteiger partial charge in [-0.25, -0.2) is 4.39 Å². The SMILES string of the molecule is CC1SCC(C(N)Cc2ccc(F)cc2Br)SC1C. The van der Waals surface area contributed by atoms with E-state index in [4.69, 9.17) is 5.73 Å². The first-order valence-corrected chi connectivity index (χ1v) is 9.22. The molecule has 19 heavy (non-hydrogen) atoms. The summed E-state index contributed by atoms with van der Waals surface area (Å²) in [6, 6.07) is 4.95. The fourth-order valence-electron chi connectivity index (χ4n) is 2.10. The van der Waals surface area contributed by atoms with Crippen molar-refractivity contribution in [2.45, 2.75) is 42.1 Å². The van der Waals surface area contributed by atoms with Crippen LogP contribution in [-0.2, 0) is 6.42 Å². The fourth-order valence-corrected chi connectivity index (χ4v) is 5.68. The van der Waals surface area contributed by atoms with Crippen molar-refractivity contribution in [2.24, 2.45) is 5.73 Å². The highest BCUT2D eigenvalue weighted by molar-refractivity contribution is 9.10. The lowest BCUT2D eigenvalue weighted by molar-refractivity contribution is 0.621. The molecule has 5 heteroatoms. The zero-order chi connectivity index (χ0) is 14.0. The average molecular weight is 364 g/mol. The van der Waals surface area contributed by atoms with E-state index in [0.29, 0.717) is 15.7 Å². The number of halogens is 2. The second-order valence-electron chi connectivity index (χ2n) is 5.02. The Balaban J connectivity index is 1.99. The van der Waals surface area contributed by atoms with Crippen molar-refractivity contribution in [1.82, 2.24) is 0 Å². The maximum absolute atomic E-state index is 13.1. The third-order valence-corrected chi connectivity index (χ3v) is 7.83. The van der Waals surface area contributed by atoms with Crippen molar-refractivity contribution >= 4 is 39.5 Å². The maximum atomic E-state index is 13.1. The van der Waals surface area contributed by atoms with E-state index in [0.717, 1.165) is 22.2 Å². The summed E-state index contributed by atoms with van der Waals surface area (Å²) in [7, 11) is 0. The molecule has 1 heterocycles. The van der Waals surface area contributed by atoms with Crippen molar-refractivity contribution in [3.8, 4) is 0 Å². The van der Waals surface area contributed by atoms with Gasteiger partial charge in [0.25, 0.3) is 0 Å². The van der Waals surface area contributed by atoms with Crippen LogP contribution in [0.2, 0.25) is 0 Å². The highest BCUT2D eigenvalue weighted by atomic mass is 79.9. The Kier molecular flexibility index (Phi) is 5.64. The summed E-state index contributed by atoms with van der Waals surface area (Å²) in [6.07, 6.45) is 0.792. The van der Waals surface area contributed by atoms with Crippen LogP contribution in [0.5, 0.6) is 0 Å². The largest absolute Gasteiger partial charge is 0.326 e. The molecule has 0 saturated carbocycles. The van der Waals surface area contributed by atoms with Gasteiger partial charge in [-0.05, 0) is 24.1 Å². The van der Waals surface area contributed by atoms with E-state index in [1.807, 2.05) is 29.6 Å². The van der Waals surface area contributed by atoms with Crippen molar-refractivity contribution < 1.29 is 4.39 Å². The lowest BCUT2D eigenvalue weighted by Crippen LogP contribution is -2.41. The van der Waals surface area contributed by atoms with Gasteiger partial charge in [0, 0.05) is 32.0 Å². The minimum atomic E-state index is -0.214. The van der Waals surface area contributed by atoms with E-state index in [2.05, 4.69) is 29.8 Å². The van der Waals surface area contributed by atoms with Gasteiger partial charge in [0.05, 0.1) is 0 Å². The number of benzene rings is 1. The Hall–Kier alpha value is 0.290. The van der Waals surface area contributed by atoms with Crippen LogP contribution in [0.1, 0.15) is 19.4 Å². The molecule has 1 nitrogen and oxygen atoms in total. The van der Waals surface area contributed by atoms with Crippen molar-refractivity contribution in [2.75, 3.05) is 5.75 Å². The smallest absolute Gasteiger partial charge is 0.124 e. The summed E-state index contributed by atoms with van der Waals surface area (Å²) >= 11 is 7.42. The van der Waals surface area contributed by atoms with Gasteiger partial charge in [-0.2, -0.15) is 23.5 Å². The van der Waals surface area contributed by atoms with Crippen molar-refractivity contribution in [3.63, 3.8) is 0 Å². The molecule has 4 atom stereocenters. The van der Waals surface area contributed by atoms with E-state index in [-0.39, 0.29) is 11.9 Å². The standard InChI is InChI=1S/C14H19BrFNS2/c1-8-9(2)19-14(7-18-8)13(17)5-10-3-4-11(16)6-12(10)15/h3-4,6,8-9,13-14H,5,7,17H2,1-2H3. The van der Waals surface area contributed by atoms with Gasteiger partial charge in [0.2, 0.25) is 0 Å². The normalized spacial score (nSPS) is 29.2. The number of rotatable bonds is 3. The summed E-state index contributed by atoms with van der Waals surface area (Å²) in [5.74, 6) is 0.894. The van der Waals surface area contributed by atoms with E-state index in [1.54, 1.807) is 0 Å². The number of thioether (sulfide) groups is 2. The molecule has 1 aromatic rings. The van der Waals surface area contributed by atoms with Gasteiger partial charge in [-0.1, -0.05) is 35.8 Å². The van der Waals surface area contributed by atoms with Crippen molar-refractivity contribution in [1.29, 1.82) is 0 Å². The molecule has 1 aliphatic heterocycles. The maximum Gasteiger partial charge on any atom is 0.124 e. The second-order valence-corrected chi connectivity index (χ2v) is 8.91. The summed E-state index contributed by atoms with van der Waals surface area (Å²) in [6.45, 7) is 4.55. The van der Waals surface area contributed by atoms with Crippen LogP contribution < -0.4 is 5.73 Å². The van der Waals surface area contributed by atoms with Gasteiger partial charge in [0.15, 0.2) is 0 Å².